The molecule has 152 valence electrons. The van der Waals surface area contributed by atoms with Gasteiger partial charge in [0.1, 0.15) is 5.82 Å². The lowest BCUT2D eigenvalue weighted by Gasteiger charge is -2.21. The van der Waals surface area contributed by atoms with Gasteiger partial charge in [-0.2, -0.15) is 0 Å². The molecule has 0 bridgehead atoms. The lowest BCUT2D eigenvalue weighted by Crippen LogP contribution is -2.30. The smallest absolute Gasteiger partial charge is 0.287 e. The number of nitrogens with zero attached hydrogens (tertiary/aromatic N) is 4. The van der Waals surface area contributed by atoms with E-state index in [0.717, 1.165) is 44.2 Å². The Morgan fingerprint density at radius 2 is 2.07 bits per heavy atom. The monoisotopic (exact) mass is 393 g/mol. The molecule has 1 atom stereocenters. The van der Waals surface area contributed by atoms with Crippen molar-refractivity contribution in [1.82, 2.24) is 25.0 Å². The van der Waals surface area contributed by atoms with Crippen LogP contribution >= 0.6 is 0 Å². The lowest BCUT2D eigenvalue weighted by atomic mass is 10.1. The minimum Gasteiger partial charge on any atom is -0.459 e. The molecule has 1 amide bonds. The van der Waals surface area contributed by atoms with Gasteiger partial charge < -0.3 is 14.3 Å². The van der Waals surface area contributed by atoms with Crippen molar-refractivity contribution < 1.29 is 9.21 Å². The molecule has 3 heterocycles. The first-order valence-electron chi connectivity index (χ1n) is 10.1. The molecule has 29 heavy (non-hydrogen) atoms. The molecule has 0 saturated heterocycles. The number of hydrogen-bond donors (Lipinski definition) is 1. The Kier molecular flexibility index (Phi) is 5.49. The summed E-state index contributed by atoms with van der Waals surface area (Å²) in [4.78, 5) is 14.7. The zero-order chi connectivity index (χ0) is 20.4. The summed E-state index contributed by atoms with van der Waals surface area (Å²) >= 11 is 0. The largest absolute Gasteiger partial charge is 0.459 e. The van der Waals surface area contributed by atoms with Gasteiger partial charge in [0, 0.05) is 32.6 Å². The molecule has 1 aromatic carbocycles. The molecule has 7 nitrogen and oxygen atoms in total. The molecular weight excluding hydrogens is 366 g/mol. The second kappa shape index (κ2) is 8.21. The maximum absolute atomic E-state index is 12.3. The first-order chi connectivity index (χ1) is 14.0. The van der Waals surface area contributed by atoms with E-state index in [1.54, 1.807) is 12.1 Å². The highest BCUT2D eigenvalue weighted by Crippen LogP contribution is 2.19. The van der Waals surface area contributed by atoms with Crippen LogP contribution in [0.4, 0.5) is 0 Å². The third-order valence-corrected chi connectivity index (χ3v) is 5.52. The van der Waals surface area contributed by atoms with Gasteiger partial charge in [0.25, 0.3) is 5.91 Å². The van der Waals surface area contributed by atoms with E-state index < -0.39 is 0 Å². The molecule has 0 saturated carbocycles. The molecule has 0 fully saturated rings. The van der Waals surface area contributed by atoms with Crippen molar-refractivity contribution in [3.8, 4) is 0 Å². The summed E-state index contributed by atoms with van der Waals surface area (Å²) in [7, 11) is 0. The van der Waals surface area contributed by atoms with Gasteiger partial charge >= 0.3 is 0 Å². The lowest BCUT2D eigenvalue weighted by molar-refractivity contribution is 0.0909. The van der Waals surface area contributed by atoms with Crippen LogP contribution in [0, 0.1) is 13.8 Å². The first kappa shape index (κ1) is 19.4. The fourth-order valence-electron chi connectivity index (χ4n) is 3.87. The molecule has 1 N–H and O–H groups in total. The summed E-state index contributed by atoms with van der Waals surface area (Å²) in [5.41, 5.74) is 4.00. The van der Waals surface area contributed by atoms with Gasteiger partial charge in [0.05, 0.1) is 12.3 Å². The van der Waals surface area contributed by atoms with Crippen molar-refractivity contribution in [2.24, 2.45) is 0 Å². The number of carbonyl (C=O) groups is 1. The number of fused-ring (bicyclic) bond motifs is 1. The molecule has 7 heteroatoms. The number of aryl methyl sites for hydroxylation is 2. The highest BCUT2D eigenvalue weighted by atomic mass is 16.3. The average Bonchev–Trinajstić information content (AvgIpc) is 3.32. The summed E-state index contributed by atoms with van der Waals surface area (Å²) in [6.45, 7) is 9.84. The quantitative estimate of drug-likeness (QED) is 0.721. The molecule has 4 rings (SSSR count). The van der Waals surface area contributed by atoms with Crippen molar-refractivity contribution in [3.63, 3.8) is 0 Å². The topological polar surface area (TPSA) is 76.2 Å². The van der Waals surface area contributed by atoms with E-state index in [0.29, 0.717) is 5.76 Å². The van der Waals surface area contributed by atoms with Gasteiger partial charge in [-0.15, -0.1) is 10.2 Å². The molecule has 1 aliphatic heterocycles. The number of carbonyl (C=O) groups excluding carboxylic acids is 1. The Morgan fingerprint density at radius 1 is 1.21 bits per heavy atom. The van der Waals surface area contributed by atoms with Crippen molar-refractivity contribution >= 4 is 5.91 Å². The van der Waals surface area contributed by atoms with Crippen LogP contribution in [-0.2, 0) is 19.5 Å². The van der Waals surface area contributed by atoms with Gasteiger partial charge in [-0.25, -0.2) is 0 Å². The normalized spacial score (nSPS) is 15.6. The Morgan fingerprint density at radius 3 is 2.83 bits per heavy atom. The van der Waals surface area contributed by atoms with Crippen molar-refractivity contribution in [3.05, 3.63) is 70.7 Å². The van der Waals surface area contributed by atoms with Crippen LogP contribution in [0.5, 0.6) is 0 Å². The van der Waals surface area contributed by atoms with E-state index in [1.807, 2.05) is 6.92 Å². The second-order valence-corrected chi connectivity index (χ2v) is 7.75. The zero-order valence-electron chi connectivity index (χ0n) is 17.2. The second-order valence-electron chi connectivity index (χ2n) is 7.75. The van der Waals surface area contributed by atoms with Crippen molar-refractivity contribution in [1.29, 1.82) is 0 Å². The van der Waals surface area contributed by atoms with Crippen LogP contribution in [0.15, 0.2) is 41.0 Å². The van der Waals surface area contributed by atoms with Crippen LogP contribution in [0.25, 0.3) is 0 Å². The number of hydrogen-bond acceptors (Lipinski definition) is 5. The molecule has 0 radical (unpaired) electrons. The van der Waals surface area contributed by atoms with E-state index in [2.05, 4.69) is 57.0 Å². The predicted octanol–water partition coefficient (Wildman–Crippen LogP) is 3.04. The first-order valence-corrected chi connectivity index (χ1v) is 10.1. The Hall–Kier alpha value is -2.93. The molecule has 1 unspecified atom stereocenters. The van der Waals surface area contributed by atoms with Crippen LogP contribution < -0.4 is 5.32 Å². The van der Waals surface area contributed by atoms with Crippen LogP contribution in [0.3, 0.4) is 0 Å². The number of amides is 1. The Labute approximate surface area is 170 Å². The summed E-state index contributed by atoms with van der Waals surface area (Å²) in [6, 6.07) is 9.75. The summed E-state index contributed by atoms with van der Waals surface area (Å²) in [5.74, 6) is 1.81. The predicted molar refractivity (Wildman–Crippen MR) is 110 cm³/mol. The highest BCUT2D eigenvalue weighted by Gasteiger charge is 2.23. The van der Waals surface area contributed by atoms with Gasteiger partial charge in [-0.1, -0.05) is 23.8 Å². The number of benzene rings is 1. The Balaban J connectivity index is 1.43. The maximum Gasteiger partial charge on any atom is 0.287 e. The van der Waals surface area contributed by atoms with Crippen LogP contribution in [0.1, 0.15) is 51.9 Å². The number of furan rings is 1. The van der Waals surface area contributed by atoms with E-state index in [4.69, 9.17) is 4.42 Å². The Bertz CT molecular complexity index is 993. The van der Waals surface area contributed by atoms with Gasteiger partial charge in [-0.3, -0.25) is 9.69 Å². The summed E-state index contributed by atoms with van der Waals surface area (Å²) < 4.78 is 7.32. The minimum absolute atomic E-state index is 0.245. The highest BCUT2D eigenvalue weighted by molar-refractivity contribution is 5.91. The summed E-state index contributed by atoms with van der Waals surface area (Å²) in [6.07, 6.45) is 2.34. The van der Waals surface area contributed by atoms with Crippen molar-refractivity contribution in [2.45, 2.75) is 46.3 Å². The van der Waals surface area contributed by atoms with Gasteiger partial charge in [0.15, 0.2) is 11.6 Å². The zero-order valence-corrected chi connectivity index (χ0v) is 17.2. The third kappa shape index (κ3) is 4.24. The van der Waals surface area contributed by atoms with Gasteiger partial charge in [-0.05, 0) is 44.0 Å². The number of aromatic nitrogens is 3. The van der Waals surface area contributed by atoms with Gasteiger partial charge in [0.2, 0.25) is 0 Å². The maximum atomic E-state index is 12.3. The molecule has 0 aliphatic carbocycles. The summed E-state index contributed by atoms with van der Waals surface area (Å²) in [5, 5.41) is 11.7. The van der Waals surface area contributed by atoms with Crippen molar-refractivity contribution in [2.75, 3.05) is 13.1 Å². The van der Waals surface area contributed by atoms with E-state index in [-0.39, 0.29) is 11.9 Å². The van der Waals surface area contributed by atoms with E-state index in [1.165, 1.54) is 23.0 Å². The van der Waals surface area contributed by atoms with E-state index in [9.17, 15) is 4.79 Å². The number of rotatable bonds is 5. The van der Waals surface area contributed by atoms with Crippen LogP contribution in [-0.4, -0.2) is 38.7 Å². The van der Waals surface area contributed by atoms with E-state index >= 15 is 0 Å². The fourth-order valence-corrected chi connectivity index (χ4v) is 3.87. The minimum atomic E-state index is -0.250. The average molecular weight is 393 g/mol. The molecular formula is C22H27N5O2. The third-order valence-electron chi connectivity index (χ3n) is 5.52. The number of nitrogens with one attached hydrogen (secondary N) is 1. The molecule has 0 spiro atoms. The SMILES string of the molecule is Cc1ccc(CN2CCc3nnc(C(C)NC(=O)c4ccco4)n3CC2)c(C)c1. The molecule has 1 aliphatic rings. The van der Waals surface area contributed by atoms with Crippen LogP contribution in [0.2, 0.25) is 0 Å². The molecule has 3 aromatic rings. The fraction of sp³-hybridized carbons (Fsp3) is 0.409. The molecule has 2 aromatic heterocycles. The standard InChI is InChI=1S/C22H27N5O2/c1-15-6-7-18(16(2)13-15)14-26-9-8-20-24-25-21(27(20)11-10-26)17(3)23-22(28)19-5-4-12-29-19/h4-7,12-13,17H,8-11,14H2,1-3H3,(H,23,28).